The molecule has 0 aliphatic carbocycles. The van der Waals surface area contributed by atoms with Crippen molar-refractivity contribution in [2.24, 2.45) is 0 Å². The summed E-state index contributed by atoms with van der Waals surface area (Å²) in [7, 11) is 0. The van der Waals surface area contributed by atoms with Crippen LogP contribution in [0.1, 0.15) is 16.1 Å². The first-order valence-electron chi connectivity index (χ1n) is 6.81. The molecule has 2 rings (SSSR count). The zero-order valence-electron chi connectivity index (χ0n) is 12.0. The van der Waals surface area contributed by atoms with E-state index < -0.39 is 0 Å². The predicted octanol–water partition coefficient (Wildman–Crippen LogP) is 2.09. The van der Waals surface area contributed by atoms with Crippen molar-refractivity contribution in [3.8, 4) is 0 Å². The highest BCUT2D eigenvalue weighted by atomic mass is 16.2. The number of nitrogens with one attached hydrogen (secondary N) is 3. The smallest absolute Gasteiger partial charge is 0.268 e. The molecule has 0 radical (unpaired) electrons. The molecule has 0 aliphatic heterocycles. The van der Waals surface area contributed by atoms with E-state index in [1.165, 1.54) is 0 Å². The van der Waals surface area contributed by atoms with Gasteiger partial charge in [0.15, 0.2) is 0 Å². The summed E-state index contributed by atoms with van der Waals surface area (Å²) in [6.07, 6.45) is 4.90. The number of hydrogen-bond donors (Lipinski definition) is 3. The van der Waals surface area contributed by atoms with Crippen molar-refractivity contribution in [1.29, 1.82) is 0 Å². The molecule has 1 aromatic carbocycles. The van der Waals surface area contributed by atoms with Crippen LogP contribution in [0.3, 0.4) is 0 Å². The highest BCUT2D eigenvalue weighted by Crippen LogP contribution is 2.05. The van der Waals surface area contributed by atoms with Crippen molar-refractivity contribution in [3.05, 3.63) is 78.3 Å². The molecule has 5 nitrogen and oxygen atoms in total. The highest BCUT2D eigenvalue weighted by Gasteiger charge is 2.13. The maximum atomic E-state index is 12.2. The first-order valence-corrected chi connectivity index (χ1v) is 6.81. The van der Waals surface area contributed by atoms with Gasteiger partial charge in [0.2, 0.25) is 0 Å². The highest BCUT2D eigenvalue weighted by molar-refractivity contribution is 6.05. The third-order valence-electron chi connectivity index (χ3n) is 2.86. The van der Waals surface area contributed by atoms with Crippen molar-refractivity contribution in [3.63, 3.8) is 0 Å². The van der Waals surface area contributed by atoms with E-state index in [1.54, 1.807) is 48.7 Å². The lowest BCUT2D eigenvalue weighted by Crippen LogP contribution is -2.34. The van der Waals surface area contributed by atoms with Gasteiger partial charge in [-0.1, -0.05) is 24.3 Å². The van der Waals surface area contributed by atoms with Gasteiger partial charge in [0.25, 0.3) is 11.8 Å². The van der Waals surface area contributed by atoms with Gasteiger partial charge in [0.05, 0.1) is 0 Å². The predicted molar refractivity (Wildman–Crippen MR) is 85.9 cm³/mol. The van der Waals surface area contributed by atoms with E-state index in [0.717, 1.165) is 5.69 Å². The molecule has 112 valence electrons. The van der Waals surface area contributed by atoms with Gasteiger partial charge in [-0.2, -0.15) is 0 Å². The molecule has 5 heteroatoms. The van der Waals surface area contributed by atoms with E-state index in [4.69, 9.17) is 0 Å². The van der Waals surface area contributed by atoms with Crippen molar-refractivity contribution >= 4 is 17.9 Å². The summed E-state index contributed by atoms with van der Waals surface area (Å²) in [6.45, 7) is 3.87. The number of carbonyl (C=O) groups is 2. The lowest BCUT2D eigenvalue weighted by molar-refractivity contribution is -0.117. The third-order valence-corrected chi connectivity index (χ3v) is 2.86. The number of carbonyl (C=O) groups excluding carboxylic acids is 2. The first-order chi connectivity index (χ1) is 10.7. The number of H-pyrrole nitrogens is 1. The lowest BCUT2D eigenvalue weighted by Gasteiger charge is -2.10. The first kappa shape index (κ1) is 15.3. The summed E-state index contributed by atoms with van der Waals surface area (Å²) in [5.41, 5.74) is 1.37. The van der Waals surface area contributed by atoms with Gasteiger partial charge in [-0.05, 0) is 30.3 Å². The molecule has 2 aromatic rings. The number of hydrogen-bond acceptors (Lipinski definition) is 2. The van der Waals surface area contributed by atoms with Gasteiger partial charge in [-0.3, -0.25) is 9.59 Å². The lowest BCUT2D eigenvalue weighted by atomic mass is 10.2. The minimum absolute atomic E-state index is 0.165. The molecule has 0 saturated heterocycles. The fraction of sp³-hybridized carbons (Fsp3) is 0.0588. The molecule has 22 heavy (non-hydrogen) atoms. The Morgan fingerprint density at radius 2 is 1.91 bits per heavy atom. The number of amides is 2. The summed E-state index contributed by atoms with van der Waals surface area (Å²) < 4.78 is 0. The Morgan fingerprint density at radius 1 is 1.14 bits per heavy atom. The number of aromatic nitrogens is 1. The largest absolute Gasteiger partial charge is 0.362 e. The summed E-state index contributed by atoms with van der Waals surface area (Å²) >= 11 is 0. The van der Waals surface area contributed by atoms with Crippen LogP contribution in [0.2, 0.25) is 0 Å². The molecule has 0 spiro atoms. The van der Waals surface area contributed by atoms with E-state index in [0.29, 0.717) is 12.1 Å². The molecule has 3 N–H and O–H groups in total. The third kappa shape index (κ3) is 4.21. The van der Waals surface area contributed by atoms with E-state index in [1.807, 2.05) is 12.1 Å². The van der Waals surface area contributed by atoms with Gasteiger partial charge < -0.3 is 15.6 Å². The van der Waals surface area contributed by atoms with E-state index in [2.05, 4.69) is 22.2 Å². The molecular formula is C17H17N3O2. The second kappa shape index (κ2) is 7.64. The van der Waals surface area contributed by atoms with Crippen LogP contribution < -0.4 is 10.6 Å². The summed E-state index contributed by atoms with van der Waals surface area (Å²) in [6, 6.07) is 12.3. The van der Waals surface area contributed by atoms with Crippen LogP contribution in [0.4, 0.5) is 0 Å². The van der Waals surface area contributed by atoms with Crippen LogP contribution in [0.5, 0.6) is 0 Å². The summed E-state index contributed by atoms with van der Waals surface area (Å²) in [5.74, 6) is -0.717. The summed E-state index contributed by atoms with van der Waals surface area (Å²) in [4.78, 5) is 27.3. The molecule has 0 bridgehead atoms. The molecular weight excluding hydrogens is 278 g/mol. The Kier molecular flexibility index (Phi) is 5.31. The average molecular weight is 295 g/mol. The van der Waals surface area contributed by atoms with Crippen LogP contribution in [0.25, 0.3) is 6.08 Å². The van der Waals surface area contributed by atoms with Crippen LogP contribution >= 0.6 is 0 Å². The number of aromatic amines is 1. The zero-order chi connectivity index (χ0) is 15.8. The molecule has 0 unspecified atom stereocenters. The zero-order valence-corrected chi connectivity index (χ0v) is 12.0. The van der Waals surface area contributed by atoms with Crippen LogP contribution in [0, 0.1) is 0 Å². The molecule has 0 saturated carbocycles. The monoisotopic (exact) mass is 295 g/mol. The van der Waals surface area contributed by atoms with Gasteiger partial charge in [0, 0.05) is 24.0 Å². The van der Waals surface area contributed by atoms with Gasteiger partial charge in [0.1, 0.15) is 5.70 Å². The second-order valence-electron chi connectivity index (χ2n) is 4.50. The Labute approximate surface area is 128 Å². The van der Waals surface area contributed by atoms with Crippen molar-refractivity contribution in [2.45, 2.75) is 0 Å². The van der Waals surface area contributed by atoms with Gasteiger partial charge in [-0.25, -0.2) is 0 Å². The van der Waals surface area contributed by atoms with Gasteiger partial charge in [-0.15, -0.1) is 6.58 Å². The van der Waals surface area contributed by atoms with Gasteiger partial charge >= 0.3 is 0 Å². The second-order valence-corrected chi connectivity index (χ2v) is 4.50. The Balaban J connectivity index is 2.19. The minimum Gasteiger partial charge on any atom is -0.362 e. The van der Waals surface area contributed by atoms with E-state index >= 15 is 0 Å². The normalized spacial score (nSPS) is 10.8. The van der Waals surface area contributed by atoms with Crippen molar-refractivity contribution < 1.29 is 9.59 Å². The maximum absolute atomic E-state index is 12.2. The van der Waals surface area contributed by atoms with Crippen LogP contribution in [-0.2, 0) is 4.79 Å². The number of rotatable bonds is 6. The topological polar surface area (TPSA) is 74.0 Å². The Bertz CT molecular complexity index is 673. The molecule has 0 aliphatic rings. The maximum Gasteiger partial charge on any atom is 0.268 e. The van der Waals surface area contributed by atoms with Crippen LogP contribution in [-0.4, -0.2) is 23.3 Å². The standard InChI is InChI=1S/C17H17N3O2/c1-2-10-19-17(22)15(12-14-9-6-11-18-14)20-16(21)13-7-4-3-5-8-13/h2-9,11-12,18H,1,10H2,(H,19,22)(H,20,21)/b15-12-. The van der Waals surface area contributed by atoms with E-state index in [-0.39, 0.29) is 17.5 Å². The molecule has 1 heterocycles. The fourth-order valence-electron chi connectivity index (χ4n) is 1.79. The van der Waals surface area contributed by atoms with Crippen molar-refractivity contribution in [2.75, 3.05) is 6.54 Å². The van der Waals surface area contributed by atoms with Crippen molar-refractivity contribution in [1.82, 2.24) is 15.6 Å². The minimum atomic E-state index is -0.376. The average Bonchev–Trinajstić information content (AvgIpc) is 3.05. The molecule has 0 atom stereocenters. The molecule has 1 aromatic heterocycles. The SMILES string of the molecule is C=CCNC(=O)/C(=C/c1ccc[nH]1)NC(=O)c1ccccc1. The Morgan fingerprint density at radius 3 is 2.55 bits per heavy atom. The molecule has 0 fully saturated rings. The summed E-state index contributed by atoms with van der Waals surface area (Å²) in [5, 5.41) is 5.28. The van der Waals surface area contributed by atoms with E-state index in [9.17, 15) is 9.59 Å². The molecule has 2 amide bonds. The fourth-order valence-corrected chi connectivity index (χ4v) is 1.79. The Hall–Kier alpha value is -3.08. The number of benzene rings is 1. The quantitative estimate of drug-likeness (QED) is 0.564. The van der Waals surface area contributed by atoms with Crippen LogP contribution in [0.15, 0.2) is 67.0 Å².